The van der Waals surface area contributed by atoms with Crippen molar-refractivity contribution in [2.24, 2.45) is 11.7 Å². The van der Waals surface area contributed by atoms with Gasteiger partial charge in [0.2, 0.25) is 5.78 Å². The molecule has 0 radical (unpaired) electrons. The highest BCUT2D eigenvalue weighted by Crippen LogP contribution is 2.21. The van der Waals surface area contributed by atoms with E-state index in [1.54, 1.807) is 6.07 Å². The van der Waals surface area contributed by atoms with Crippen molar-refractivity contribution in [3.63, 3.8) is 0 Å². The fourth-order valence-electron chi connectivity index (χ4n) is 1.73. The van der Waals surface area contributed by atoms with Gasteiger partial charge in [0.1, 0.15) is 5.58 Å². The van der Waals surface area contributed by atoms with Crippen molar-refractivity contribution in [1.29, 1.82) is 0 Å². The predicted octanol–water partition coefficient (Wildman–Crippen LogP) is 2.60. The van der Waals surface area contributed by atoms with Crippen LogP contribution in [0.4, 0.5) is 0 Å². The van der Waals surface area contributed by atoms with Gasteiger partial charge in [-0.15, -0.1) is 0 Å². The molecule has 1 aromatic heterocycles. The quantitative estimate of drug-likeness (QED) is 0.801. The third-order valence-electron chi connectivity index (χ3n) is 2.72. The van der Waals surface area contributed by atoms with Crippen LogP contribution in [0, 0.1) is 5.92 Å². The minimum atomic E-state index is -0.0782. The summed E-state index contributed by atoms with van der Waals surface area (Å²) in [5.74, 6) is 0.384. The molecule has 1 unspecified atom stereocenters. The third-order valence-corrected chi connectivity index (χ3v) is 2.72. The second kappa shape index (κ2) is 4.49. The van der Waals surface area contributed by atoms with Gasteiger partial charge in [-0.05, 0) is 25.1 Å². The first-order chi connectivity index (χ1) is 7.72. The molecule has 0 fully saturated rings. The van der Waals surface area contributed by atoms with E-state index in [1.165, 1.54) is 0 Å². The van der Waals surface area contributed by atoms with Crippen LogP contribution in [-0.4, -0.2) is 12.3 Å². The van der Waals surface area contributed by atoms with Gasteiger partial charge in [-0.1, -0.05) is 25.1 Å². The van der Waals surface area contributed by atoms with Gasteiger partial charge in [0, 0.05) is 11.3 Å². The molecular weight excluding hydrogens is 202 g/mol. The topological polar surface area (TPSA) is 56.2 Å². The fourth-order valence-corrected chi connectivity index (χ4v) is 1.73. The number of fused-ring (bicyclic) bond motifs is 1. The third kappa shape index (κ3) is 1.99. The largest absolute Gasteiger partial charge is 0.453 e. The molecule has 2 aromatic rings. The summed E-state index contributed by atoms with van der Waals surface area (Å²) in [7, 11) is 0. The van der Waals surface area contributed by atoms with Gasteiger partial charge in [-0.2, -0.15) is 0 Å². The molecule has 1 atom stereocenters. The lowest BCUT2D eigenvalue weighted by atomic mass is 10.0. The number of carbonyl (C=O) groups excluding carboxylic acids is 1. The van der Waals surface area contributed by atoms with E-state index in [0.717, 1.165) is 11.0 Å². The standard InChI is InChI=1S/C13H15NO2/c1-9(6-7-14)13(15)12-8-10-4-2-3-5-11(10)16-12/h2-5,8-9H,6-7,14H2,1H3. The van der Waals surface area contributed by atoms with Crippen molar-refractivity contribution in [3.8, 4) is 0 Å². The van der Waals surface area contributed by atoms with Crippen molar-refractivity contribution < 1.29 is 9.21 Å². The zero-order valence-electron chi connectivity index (χ0n) is 9.27. The van der Waals surface area contributed by atoms with E-state index in [2.05, 4.69) is 0 Å². The Bertz CT molecular complexity index is 468. The molecular formula is C13H15NO2. The molecule has 0 amide bonds. The van der Waals surface area contributed by atoms with Gasteiger partial charge in [0.05, 0.1) is 0 Å². The van der Waals surface area contributed by atoms with Crippen LogP contribution in [0.25, 0.3) is 11.0 Å². The first-order valence-corrected chi connectivity index (χ1v) is 5.45. The monoisotopic (exact) mass is 217 g/mol. The van der Waals surface area contributed by atoms with Crippen LogP contribution in [-0.2, 0) is 0 Å². The summed E-state index contributed by atoms with van der Waals surface area (Å²) in [6.07, 6.45) is 0.690. The lowest BCUT2D eigenvalue weighted by molar-refractivity contribution is 0.0899. The maximum absolute atomic E-state index is 12.0. The van der Waals surface area contributed by atoms with Crippen LogP contribution < -0.4 is 5.73 Å². The van der Waals surface area contributed by atoms with Crippen molar-refractivity contribution >= 4 is 16.8 Å². The zero-order valence-corrected chi connectivity index (χ0v) is 9.27. The Morgan fingerprint density at radius 3 is 2.88 bits per heavy atom. The molecule has 0 saturated heterocycles. The number of rotatable bonds is 4. The number of carbonyl (C=O) groups is 1. The summed E-state index contributed by atoms with van der Waals surface area (Å²) in [6, 6.07) is 9.41. The fraction of sp³-hybridized carbons (Fsp3) is 0.308. The van der Waals surface area contributed by atoms with Crippen LogP contribution in [0.3, 0.4) is 0 Å². The van der Waals surface area contributed by atoms with E-state index in [4.69, 9.17) is 10.2 Å². The lowest BCUT2D eigenvalue weighted by Crippen LogP contribution is -2.14. The smallest absolute Gasteiger partial charge is 0.200 e. The highest BCUT2D eigenvalue weighted by Gasteiger charge is 2.18. The maximum atomic E-state index is 12.0. The molecule has 0 spiro atoms. The van der Waals surface area contributed by atoms with E-state index in [0.29, 0.717) is 18.7 Å². The molecule has 0 bridgehead atoms. The molecule has 16 heavy (non-hydrogen) atoms. The summed E-state index contributed by atoms with van der Waals surface area (Å²) < 4.78 is 5.51. The molecule has 3 heteroatoms. The zero-order chi connectivity index (χ0) is 11.5. The van der Waals surface area contributed by atoms with Gasteiger partial charge in [0.25, 0.3) is 0 Å². The number of Topliss-reactive ketones (excluding diaryl/α,β-unsaturated/α-hetero) is 1. The van der Waals surface area contributed by atoms with E-state index >= 15 is 0 Å². The van der Waals surface area contributed by atoms with Gasteiger partial charge in [-0.25, -0.2) is 0 Å². The minimum Gasteiger partial charge on any atom is -0.453 e. The molecule has 84 valence electrons. The molecule has 1 aromatic carbocycles. The van der Waals surface area contributed by atoms with Gasteiger partial charge < -0.3 is 10.2 Å². The van der Waals surface area contributed by atoms with Crippen molar-refractivity contribution in [2.75, 3.05) is 6.54 Å². The minimum absolute atomic E-state index is 0.0293. The molecule has 0 aliphatic heterocycles. The summed E-state index contributed by atoms with van der Waals surface area (Å²) in [5.41, 5.74) is 6.19. The van der Waals surface area contributed by atoms with E-state index in [1.807, 2.05) is 31.2 Å². The highest BCUT2D eigenvalue weighted by atomic mass is 16.3. The summed E-state index contributed by atoms with van der Waals surface area (Å²) in [4.78, 5) is 12.0. The Labute approximate surface area is 94.2 Å². The maximum Gasteiger partial charge on any atom is 0.200 e. The molecule has 0 saturated carbocycles. The molecule has 1 heterocycles. The second-order valence-corrected chi connectivity index (χ2v) is 3.99. The first kappa shape index (κ1) is 10.9. The Morgan fingerprint density at radius 1 is 1.44 bits per heavy atom. The molecule has 0 aliphatic carbocycles. The van der Waals surface area contributed by atoms with Crippen LogP contribution >= 0.6 is 0 Å². The van der Waals surface area contributed by atoms with Crippen LogP contribution in [0.2, 0.25) is 0 Å². The molecule has 2 rings (SSSR count). The van der Waals surface area contributed by atoms with Gasteiger partial charge >= 0.3 is 0 Å². The SMILES string of the molecule is CC(CCN)C(=O)c1cc2ccccc2o1. The van der Waals surface area contributed by atoms with Crippen LogP contribution in [0.15, 0.2) is 34.7 Å². The normalized spacial score (nSPS) is 12.9. The Balaban J connectivity index is 2.29. The van der Waals surface area contributed by atoms with E-state index in [9.17, 15) is 4.79 Å². The summed E-state index contributed by atoms with van der Waals surface area (Å²) in [5, 5.41) is 0.964. The van der Waals surface area contributed by atoms with Crippen molar-refractivity contribution in [3.05, 3.63) is 36.1 Å². The number of furan rings is 1. The van der Waals surface area contributed by atoms with E-state index < -0.39 is 0 Å². The number of nitrogens with two attached hydrogens (primary N) is 1. The van der Waals surface area contributed by atoms with Crippen molar-refractivity contribution in [1.82, 2.24) is 0 Å². The summed E-state index contributed by atoms with van der Waals surface area (Å²) >= 11 is 0. The van der Waals surface area contributed by atoms with Crippen LogP contribution in [0.5, 0.6) is 0 Å². The number of hydrogen-bond acceptors (Lipinski definition) is 3. The van der Waals surface area contributed by atoms with Crippen LogP contribution in [0.1, 0.15) is 23.9 Å². The average Bonchev–Trinajstić information content (AvgIpc) is 2.71. The van der Waals surface area contributed by atoms with Gasteiger partial charge in [0.15, 0.2) is 5.76 Å². The van der Waals surface area contributed by atoms with Gasteiger partial charge in [-0.3, -0.25) is 4.79 Å². The average molecular weight is 217 g/mol. The first-order valence-electron chi connectivity index (χ1n) is 5.45. The Morgan fingerprint density at radius 2 is 2.19 bits per heavy atom. The number of hydrogen-bond donors (Lipinski definition) is 1. The molecule has 0 aliphatic rings. The Kier molecular flexibility index (Phi) is 3.06. The predicted molar refractivity (Wildman–Crippen MR) is 63.4 cm³/mol. The lowest BCUT2D eigenvalue weighted by Gasteiger charge is -2.05. The Hall–Kier alpha value is -1.61. The van der Waals surface area contributed by atoms with E-state index in [-0.39, 0.29) is 11.7 Å². The van der Waals surface area contributed by atoms with Crippen molar-refractivity contribution in [2.45, 2.75) is 13.3 Å². The molecule has 3 nitrogen and oxygen atoms in total. The number of benzene rings is 1. The highest BCUT2D eigenvalue weighted by molar-refractivity contribution is 5.98. The summed E-state index contributed by atoms with van der Waals surface area (Å²) in [6.45, 7) is 2.40. The number of para-hydroxylation sites is 1. The molecule has 2 N–H and O–H groups in total. The second-order valence-electron chi connectivity index (χ2n) is 3.99. The number of ketones is 1.